The van der Waals surface area contributed by atoms with E-state index in [1.807, 2.05) is 0 Å². The van der Waals surface area contributed by atoms with Gasteiger partial charge in [0.05, 0.1) is 6.17 Å². The highest BCUT2D eigenvalue weighted by Gasteiger charge is 2.24. The molecule has 0 saturated heterocycles. The minimum Gasteiger partial charge on any atom is -0.359 e. The second kappa shape index (κ2) is 2.76. The first kappa shape index (κ1) is 8.44. The van der Waals surface area contributed by atoms with Crippen LogP contribution in [0.3, 0.4) is 0 Å². The average molecular weight is 154 g/mol. The van der Waals surface area contributed by atoms with Gasteiger partial charge in [-0.2, -0.15) is 0 Å². The summed E-state index contributed by atoms with van der Waals surface area (Å²) in [5.74, 6) is 0. The molecule has 0 amide bonds. The standard InChI is InChI=1S/C9H18N2/c1-7(2)11-8(3)6-10(5)9(11)4/h6-7,9H,1-5H3. The molecule has 0 aliphatic carbocycles. The third-order valence-corrected chi connectivity index (χ3v) is 2.35. The van der Waals surface area contributed by atoms with Crippen molar-refractivity contribution in [2.24, 2.45) is 0 Å². The van der Waals surface area contributed by atoms with Crippen molar-refractivity contribution in [1.29, 1.82) is 0 Å². The van der Waals surface area contributed by atoms with Gasteiger partial charge in [0, 0.05) is 25.0 Å². The van der Waals surface area contributed by atoms with Gasteiger partial charge in [0.1, 0.15) is 0 Å². The highest BCUT2D eigenvalue weighted by molar-refractivity contribution is 5.06. The molecule has 1 aliphatic rings. The van der Waals surface area contributed by atoms with Crippen LogP contribution in [0, 0.1) is 0 Å². The normalized spacial score (nSPS) is 24.9. The maximum absolute atomic E-state index is 2.42. The minimum atomic E-state index is 0.523. The van der Waals surface area contributed by atoms with Crippen molar-refractivity contribution in [2.75, 3.05) is 7.05 Å². The van der Waals surface area contributed by atoms with Gasteiger partial charge in [-0.3, -0.25) is 0 Å². The van der Waals surface area contributed by atoms with Crippen LogP contribution in [-0.2, 0) is 0 Å². The van der Waals surface area contributed by atoms with Crippen LogP contribution in [-0.4, -0.2) is 29.1 Å². The van der Waals surface area contributed by atoms with E-state index in [0.29, 0.717) is 12.2 Å². The number of rotatable bonds is 1. The largest absolute Gasteiger partial charge is 0.359 e. The molecule has 0 N–H and O–H groups in total. The Kier molecular flexibility index (Phi) is 2.12. The third kappa shape index (κ3) is 1.35. The molecule has 1 unspecified atom stereocenters. The second-order valence-corrected chi connectivity index (χ2v) is 3.57. The quantitative estimate of drug-likeness (QED) is 0.568. The fourth-order valence-corrected chi connectivity index (χ4v) is 1.80. The first-order chi connectivity index (χ1) is 5.04. The minimum absolute atomic E-state index is 0.523. The van der Waals surface area contributed by atoms with E-state index < -0.39 is 0 Å². The first-order valence-corrected chi connectivity index (χ1v) is 4.22. The van der Waals surface area contributed by atoms with Crippen molar-refractivity contribution in [2.45, 2.75) is 39.9 Å². The maximum Gasteiger partial charge on any atom is 0.0979 e. The van der Waals surface area contributed by atoms with Crippen molar-refractivity contribution in [3.05, 3.63) is 11.9 Å². The van der Waals surface area contributed by atoms with E-state index in [2.05, 4.69) is 50.7 Å². The molecule has 11 heavy (non-hydrogen) atoms. The van der Waals surface area contributed by atoms with E-state index >= 15 is 0 Å². The summed E-state index contributed by atoms with van der Waals surface area (Å²) < 4.78 is 0. The molecule has 1 aliphatic heterocycles. The summed E-state index contributed by atoms with van der Waals surface area (Å²) in [7, 11) is 2.12. The Hall–Kier alpha value is -0.660. The fraction of sp³-hybridized carbons (Fsp3) is 0.778. The van der Waals surface area contributed by atoms with Crippen LogP contribution in [0.5, 0.6) is 0 Å². The van der Waals surface area contributed by atoms with E-state index in [9.17, 15) is 0 Å². The maximum atomic E-state index is 2.42. The Morgan fingerprint density at radius 1 is 1.45 bits per heavy atom. The fourth-order valence-electron chi connectivity index (χ4n) is 1.80. The molecule has 0 spiro atoms. The zero-order valence-corrected chi connectivity index (χ0v) is 8.13. The highest BCUT2D eigenvalue weighted by Crippen LogP contribution is 2.22. The molecule has 2 heteroatoms. The predicted molar refractivity (Wildman–Crippen MR) is 48.0 cm³/mol. The molecule has 0 saturated carbocycles. The predicted octanol–water partition coefficient (Wildman–Crippen LogP) is 1.85. The van der Waals surface area contributed by atoms with Gasteiger partial charge in [0.25, 0.3) is 0 Å². The molecule has 0 aromatic rings. The Morgan fingerprint density at radius 3 is 2.18 bits per heavy atom. The van der Waals surface area contributed by atoms with Gasteiger partial charge in [-0.15, -0.1) is 0 Å². The molecule has 0 aromatic carbocycles. The van der Waals surface area contributed by atoms with Crippen LogP contribution in [0.2, 0.25) is 0 Å². The lowest BCUT2D eigenvalue weighted by Crippen LogP contribution is -2.39. The van der Waals surface area contributed by atoms with Crippen molar-refractivity contribution < 1.29 is 0 Å². The summed E-state index contributed by atoms with van der Waals surface area (Å²) in [5.41, 5.74) is 1.37. The molecule has 64 valence electrons. The lowest BCUT2D eigenvalue weighted by Gasteiger charge is -2.32. The molecule has 1 rings (SSSR count). The Morgan fingerprint density at radius 2 is 2.00 bits per heavy atom. The highest BCUT2D eigenvalue weighted by atomic mass is 15.4. The van der Waals surface area contributed by atoms with Gasteiger partial charge in [0.2, 0.25) is 0 Å². The summed E-state index contributed by atoms with van der Waals surface area (Å²) in [6, 6.07) is 0.603. The molecular weight excluding hydrogens is 136 g/mol. The van der Waals surface area contributed by atoms with E-state index in [0.717, 1.165) is 0 Å². The lowest BCUT2D eigenvalue weighted by molar-refractivity contribution is 0.152. The molecule has 0 bridgehead atoms. The zero-order chi connectivity index (χ0) is 8.59. The Balaban J connectivity index is 2.74. The van der Waals surface area contributed by atoms with E-state index in [4.69, 9.17) is 0 Å². The first-order valence-electron chi connectivity index (χ1n) is 4.22. The third-order valence-electron chi connectivity index (χ3n) is 2.35. The SMILES string of the molecule is CC1=CN(C)C(C)N1C(C)C. The molecular formula is C9H18N2. The smallest absolute Gasteiger partial charge is 0.0979 e. The van der Waals surface area contributed by atoms with Crippen molar-refractivity contribution in [3.8, 4) is 0 Å². The molecule has 0 fully saturated rings. The van der Waals surface area contributed by atoms with Gasteiger partial charge < -0.3 is 9.80 Å². The summed E-state index contributed by atoms with van der Waals surface area (Å²) in [6.45, 7) is 8.85. The van der Waals surface area contributed by atoms with Crippen LogP contribution in [0.25, 0.3) is 0 Å². The van der Waals surface area contributed by atoms with Crippen molar-refractivity contribution >= 4 is 0 Å². The average Bonchev–Trinajstić information content (AvgIpc) is 2.07. The lowest BCUT2D eigenvalue weighted by atomic mass is 10.3. The van der Waals surface area contributed by atoms with E-state index in [1.165, 1.54) is 5.70 Å². The van der Waals surface area contributed by atoms with Gasteiger partial charge in [0.15, 0.2) is 0 Å². The van der Waals surface area contributed by atoms with Gasteiger partial charge in [-0.25, -0.2) is 0 Å². The Bertz CT molecular complexity index is 172. The number of hydrogen-bond donors (Lipinski definition) is 0. The van der Waals surface area contributed by atoms with Gasteiger partial charge in [-0.1, -0.05) is 0 Å². The monoisotopic (exact) mass is 154 g/mol. The van der Waals surface area contributed by atoms with Crippen LogP contribution < -0.4 is 0 Å². The summed E-state index contributed by atoms with van der Waals surface area (Å²) in [5, 5.41) is 0. The summed E-state index contributed by atoms with van der Waals surface area (Å²) in [4.78, 5) is 4.66. The van der Waals surface area contributed by atoms with E-state index in [1.54, 1.807) is 0 Å². The van der Waals surface area contributed by atoms with E-state index in [-0.39, 0.29) is 0 Å². The summed E-state index contributed by atoms with van der Waals surface area (Å²) in [6.07, 6.45) is 2.72. The number of hydrogen-bond acceptors (Lipinski definition) is 2. The van der Waals surface area contributed by atoms with Crippen LogP contribution in [0.4, 0.5) is 0 Å². The molecule has 0 aromatic heterocycles. The van der Waals surface area contributed by atoms with Gasteiger partial charge >= 0.3 is 0 Å². The molecule has 1 atom stereocenters. The molecule has 2 nitrogen and oxygen atoms in total. The zero-order valence-electron chi connectivity index (χ0n) is 8.13. The van der Waals surface area contributed by atoms with Crippen LogP contribution in [0.1, 0.15) is 27.7 Å². The second-order valence-electron chi connectivity index (χ2n) is 3.57. The summed E-state index contributed by atoms with van der Waals surface area (Å²) >= 11 is 0. The molecule has 0 radical (unpaired) electrons. The van der Waals surface area contributed by atoms with Crippen molar-refractivity contribution in [3.63, 3.8) is 0 Å². The number of nitrogens with zero attached hydrogens (tertiary/aromatic N) is 2. The van der Waals surface area contributed by atoms with Crippen LogP contribution in [0.15, 0.2) is 11.9 Å². The van der Waals surface area contributed by atoms with Crippen molar-refractivity contribution in [1.82, 2.24) is 9.80 Å². The van der Waals surface area contributed by atoms with Crippen LogP contribution >= 0.6 is 0 Å². The van der Waals surface area contributed by atoms with Gasteiger partial charge in [-0.05, 0) is 27.7 Å². The molecule has 1 heterocycles. The Labute approximate surface area is 69.5 Å². The number of allylic oxidation sites excluding steroid dienone is 1. The topological polar surface area (TPSA) is 6.48 Å².